The molecule has 0 spiro atoms. The molecule has 2 aliphatic rings. The summed E-state index contributed by atoms with van der Waals surface area (Å²) in [6, 6.07) is 11.0. The third kappa shape index (κ3) is 1.35. The fraction of sp³-hybridized carbons (Fsp3) is 0.467. The van der Waals surface area contributed by atoms with Crippen molar-refractivity contribution in [2.45, 2.75) is 32.1 Å². The zero-order valence-electron chi connectivity index (χ0n) is 9.32. The number of hydrogen-bond acceptors (Lipinski definition) is 0. The fourth-order valence-corrected chi connectivity index (χ4v) is 3.42. The van der Waals surface area contributed by atoms with Crippen molar-refractivity contribution < 1.29 is 0 Å². The summed E-state index contributed by atoms with van der Waals surface area (Å²) in [7, 11) is 0. The molecule has 2 aliphatic carbocycles. The normalized spacial score (nSPS) is 37.4. The van der Waals surface area contributed by atoms with E-state index in [1.807, 2.05) is 0 Å². The second-order valence-electron chi connectivity index (χ2n) is 5.16. The van der Waals surface area contributed by atoms with Crippen LogP contribution in [-0.2, 0) is 0 Å². The van der Waals surface area contributed by atoms with Gasteiger partial charge in [-0.25, -0.2) is 0 Å². The van der Waals surface area contributed by atoms with Crippen molar-refractivity contribution in [3.63, 3.8) is 0 Å². The average Bonchev–Trinajstić information content (AvgIpc) is 2.88. The Morgan fingerprint density at radius 3 is 2.67 bits per heavy atom. The molecule has 15 heavy (non-hydrogen) atoms. The predicted molar refractivity (Wildman–Crippen MR) is 63.8 cm³/mol. The number of hydrogen-bond donors (Lipinski definition) is 0. The number of allylic oxidation sites excluding steroid dienone is 2. The summed E-state index contributed by atoms with van der Waals surface area (Å²) in [6.07, 6.45) is 9.02. The van der Waals surface area contributed by atoms with Gasteiger partial charge in [0.1, 0.15) is 0 Å². The van der Waals surface area contributed by atoms with Crippen LogP contribution >= 0.6 is 0 Å². The second-order valence-corrected chi connectivity index (χ2v) is 5.16. The Bertz CT molecular complexity index is 376. The quantitative estimate of drug-likeness (QED) is 0.626. The number of rotatable bonds is 2. The van der Waals surface area contributed by atoms with Gasteiger partial charge in [0, 0.05) is 0 Å². The van der Waals surface area contributed by atoms with Gasteiger partial charge in [-0.15, -0.1) is 0 Å². The van der Waals surface area contributed by atoms with Gasteiger partial charge in [-0.05, 0) is 42.1 Å². The molecular weight excluding hydrogens is 180 g/mol. The minimum absolute atomic E-state index is 0.547. The van der Waals surface area contributed by atoms with Crippen LogP contribution in [0, 0.1) is 11.3 Å². The summed E-state index contributed by atoms with van der Waals surface area (Å²) < 4.78 is 0. The van der Waals surface area contributed by atoms with Gasteiger partial charge < -0.3 is 0 Å². The van der Waals surface area contributed by atoms with Crippen molar-refractivity contribution in [2.75, 3.05) is 0 Å². The third-order valence-electron chi connectivity index (χ3n) is 4.41. The van der Waals surface area contributed by atoms with Crippen LogP contribution in [0.1, 0.15) is 37.7 Å². The van der Waals surface area contributed by atoms with Gasteiger partial charge in [0.2, 0.25) is 0 Å². The Kier molecular flexibility index (Phi) is 1.98. The van der Waals surface area contributed by atoms with E-state index in [9.17, 15) is 0 Å². The van der Waals surface area contributed by atoms with Gasteiger partial charge in [0.15, 0.2) is 0 Å². The Hall–Kier alpha value is -1.04. The highest BCUT2D eigenvalue weighted by Crippen LogP contribution is 2.57. The number of benzene rings is 1. The molecule has 0 radical (unpaired) electrons. The van der Waals surface area contributed by atoms with E-state index < -0.39 is 0 Å². The van der Waals surface area contributed by atoms with Gasteiger partial charge in [0.25, 0.3) is 0 Å². The maximum absolute atomic E-state index is 2.48. The van der Waals surface area contributed by atoms with Gasteiger partial charge in [0.05, 0.1) is 0 Å². The van der Waals surface area contributed by atoms with Crippen molar-refractivity contribution in [1.29, 1.82) is 0 Å². The van der Waals surface area contributed by atoms with Crippen LogP contribution in [0.4, 0.5) is 0 Å². The van der Waals surface area contributed by atoms with Crippen LogP contribution in [0.15, 0.2) is 42.5 Å². The van der Waals surface area contributed by atoms with Crippen molar-refractivity contribution in [3.8, 4) is 0 Å². The van der Waals surface area contributed by atoms with Gasteiger partial charge >= 0.3 is 0 Å². The summed E-state index contributed by atoms with van der Waals surface area (Å²) in [4.78, 5) is 0. The lowest BCUT2D eigenvalue weighted by molar-refractivity contribution is 0.382. The second kappa shape index (κ2) is 3.23. The molecule has 0 amide bonds. The minimum Gasteiger partial charge on any atom is -0.0842 e. The van der Waals surface area contributed by atoms with E-state index in [4.69, 9.17) is 0 Å². The van der Waals surface area contributed by atoms with Gasteiger partial charge in [-0.1, -0.05) is 49.4 Å². The van der Waals surface area contributed by atoms with Crippen molar-refractivity contribution in [1.82, 2.24) is 0 Å². The Balaban J connectivity index is 1.91. The Morgan fingerprint density at radius 2 is 2.00 bits per heavy atom. The van der Waals surface area contributed by atoms with Crippen LogP contribution in [0.2, 0.25) is 0 Å². The van der Waals surface area contributed by atoms with E-state index >= 15 is 0 Å². The molecule has 0 heterocycles. The first-order valence-electron chi connectivity index (χ1n) is 6.07. The van der Waals surface area contributed by atoms with Crippen LogP contribution in [-0.4, -0.2) is 0 Å². The molecule has 0 N–H and O–H groups in total. The number of fused-ring (bicyclic) bond motifs is 2. The molecule has 3 atom stereocenters. The minimum atomic E-state index is 0.547. The molecule has 1 saturated carbocycles. The highest BCUT2D eigenvalue weighted by Gasteiger charge is 2.45. The van der Waals surface area contributed by atoms with E-state index in [2.05, 4.69) is 49.4 Å². The molecule has 0 aromatic heterocycles. The molecule has 0 aliphatic heterocycles. The molecule has 2 bridgehead atoms. The van der Waals surface area contributed by atoms with Crippen molar-refractivity contribution >= 4 is 0 Å². The fourth-order valence-electron chi connectivity index (χ4n) is 3.42. The summed E-state index contributed by atoms with van der Waals surface area (Å²) in [5, 5.41) is 0. The highest BCUT2D eigenvalue weighted by molar-refractivity contribution is 5.30. The Morgan fingerprint density at radius 1 is 1.20 bits per heavy atom. The van der Waals surface area contributed by atoms with E-state index in [1.165, 1.54) is 19.3 Å². The summed E-state index contributed by atoms with van der Waals surface area (Å²) in [6.45, 7) is 2.33. The molecule has 0 heteroatoms. The summed E-state index contributed by atoms with van der Waals surface area (Å²) >= 11 is 0. The zero-order chi connectivity index (χ0) is 10.3. The molecule has 3 unspecified atom stereocenters. The molecule has 1 aromatic rings. The summed E-state index contributed by atoms with van der Waals surface area (Å²) in [5.74, 6) is 1.60. The van der Waals surface area contributed by atoms with Crippen LogP contribution in [0.3, 0.4) is 0 Å². The smallest absolute Gasteiger partial charge is 0.00904 e. The maximum atomic E-state index is 2.48. The molecule has 0 saturated heterocycles. The highest BCUT2D eigenvalue weighted by atomic mass is 14.5. The third-order valence-corrected chi connectivity index (χ3v) is 4.41. The standard InChI is InChI=1S/C15H18/c1-2-15-9-8-13(10-15)14(11-15)12-6-4-3-5-7-12/h3-9,13-14H,2,10-11H2,1H3. The zero-order valence-corrected chi connectivity index (χ0v) is 9.32. The predicted octanol–water partition coefficient (Wildman–Crippen LogP) is 4.15. The molecule has 3 rings (SSSR count). The van der Waals surface area contributed by atoms with Crippen LogP contribution < -0.4 is 0 Å². The molecule has 78 valence electrons. The topological polar surface area (TPSA) is 0 Å². The lowest BCUT2D eigenvalue weighted by Gasteiger charge is -2.24. The lowest BCUT2D eigenvalue weighted by atomic mass is 9.80. The first kappa shape index (κ1) is 9.21. The van der Waals surface area contributed by atoms with Crippen LogP contribution in [0.5, 0.6) is 0 Å². The monoisotopic (exact) mass is 198 g/mol. The molecule has 1 fully saturated rings. The molecule has 1 aromatic carbocycles. The van der Waals surface area contributed by atoms with Crippen molar-refractivity contribution in [2.24, 2.45) is 11.3 Å². The lowest BCUT2D eigenvalue weighted by Crippen LogP contribution is -2.12. The van der Waals surface area contributed by atoms with Gasteiger partial charge in [-0.3, -0.25) is 0 Å². The maximum Gasteiger partial charge on any atom is -0.00904 e. The largest absolute Gasteiger partial charge is 0.0842 e. The van der Waals surface area contributed by atoms with Crippen molar-refractivity contribution in [3.05, 3.63) is 48.0 Å². The van der Waals surface area contributed by atoms with E-state index in [1.54, 1.807) is 5.56 Å². The van der Waals surface area contributed by atoms with Crippen LogP contribution in [0.25, 0.3) is 0 Å². The average molecular weight is 198 g/mol. The van der Waals surface area contributed by atoms with E-state index in [0.29, 0.717) is 5.41 Å². The van der Waals surface area contributed by atoms with E-state index in [-0.39, 0.29) is 0 Å². The Labute approximate surface area is 92.0 Å². The molecule has 0 nitrogen and oxygen atoms in total. The SMILES string of the molecule is CCC12C=CC(C1)C(c1ccccc1)C2. The summed E-state index contributed by atoms with van der Waals surface area (Å²) in [5.41, 5.74) is 2.09. The first-order chi connectivity index (χ1) is 7.33. The molecular formula is C15H18. The van der Waals surface area contributed by atoms with E-state index in [0.717, 1.165) is 11.8 Å². The van der Waals surface area contributed by atoms with Gasteiger partial charge in [-0.2, -0.15) is 0 Å². The first-order valence-corrected chi connectivity index (χ1v) is 6.07.